The van der Waals surface area contributed by atoms with E-state index in [4.69, 9.17) is 23.2 Å². The van der Waals surface area contributed by atoms with Crippen molar-refractivity contribution >= 4 is 33.0 Å². The molecule has 6 heteroatoms. The van der Waals surface area contributed by atoms with Crippen LogP contribution in [0.5, 0.6) is 0 Å². The molecule has 1 unspecified atom stereocenters. The second-order valence-corrected chi connectivity index (χ2v) is 6.27. The molecule has 1 aliphatic rings. The maximum atomic E-state index is 13.1. The van der Waals surface area contributed by atoms with Gasteiger partial charge in [-0.1, -0.05) is 23.2 Å². The molecule has 81 valence electrons. The van der Waals surface area contributed by atoms with E-state index in [9.17, 15) is 12.8 Å². The van der Waals surface area contributed by atoms with E-state index in [1.54, 1.807) is 6.42 Å². The van der Waals surface area contributed by atoms with Crippen LogP contribution in [0.2, 0.25) is 10.0 Å². The smallest absolute Gasteiger partial charge is 0.160 e. The van der Waals surface area contributed by atoms with Crippen molar-refractivity contribution < 1.29 is 12.8 Å². The third-order valence-electron chi connectivity index (χ3n) is 2.26. The standard InChI is InChI=1S/C9H6Cl2FO2S/c10-6-3-5(4-7(11)9(6)12)8-1-2-15(8,13)14/h1,3-4,8H,2H2. The first kappa shape index (κ1) is 11.2. The fourth-order valence-electron chi connectivity index (χ4n) is 1.43. The highest BCUT2D eigenvalue weighted by molar-refractivity contribution is 7.93. The van der Waals surface area contributed by atoms with Crippen LogP contribution in [0.15, 0.2) is 12.1 Å². The average Bonchev–Trinajstić information content (AvgIpc) is 2.12. The molecular formula is C9H6Cl2FO2S. The lowest BCUT2D eigenvalue weighted by Gasteiger charge is -2.26. The van der Waals surface area contributed by atoms with Gasteiger partial charge in [0.25, 0.3) is 0 Å². The Bertz CT molecular complexity index is 490. The fraction of sp³-hybridized carbons (Fsp3) is 0.222. The largest absolute Gasteiger partial charge is 0.228 e. The Morgan fingerprint density at radius 3 is 2.13 bits per heavy atom. The van der Waals surface area contributed by atoms with Crippen molar-refractivity contribution in [1.82, 2.24) is 0 Å². The van der Waals surface area contributed by atoms with Crippen molar-refractivity contribution in [1.29, 1.82) is 0 Å². The van der Waals surface area contributed by atoms with Crippen LogP contribution in [-0.2, 0) is 9.84 Å². The predicted octanol–water partition coefficient (Wildman–Crippen LogP) is 2.81. The van der Waals surface area contributed by atoms with E-state index in [1.165, 1.54) is 12.1 Å². The molecule has 0 N–H and O–H groups in total. The lowest BCUT2D eigenvalue weighted by molar-refractivity contribution is 0.576. The minimum absolute atomic E-state index is 0.0459. The number of halogens is 3. The quantitative estimate of drug-likeness (QED) is 0.734. The van der Waals surface area contributed by atoms with E-state index in [2.05, 4.69) is 0 Å². The van der Waals surface area contributed by atoms with Crippen molar-refractivity contribution in [2.24, 2.45) is 0 Å². The molecule has 1 aromatic carbocycles. The molecule has 0 aromatic heterocycles. The van der Waals surface area contributed by atoms with Gasteiger partial charge < -0.3 is 0 Å². The molecule has 2 nitrogen and oxygen atoms in total. The van der Waals surface area contributed by atoms with Gasteiger partial charge in [-0.15, -0.1) is 0 Å². The summed E-state index contributed by atoms with van der Waals surface area (Å²) in [6, 6.07) is 2.58. The highest BCUT2D eigenvalue weighted by atomic mass is 35.5. The molecule has 1 saturated heterocycles. The first-order chi connectivity index (χ1) is 6.92. The number of hydrogen-bond donors (Lipinski definition) is 0. The number of sulfone groups is 1. The average molecular weight is 268 g/mol. The first-order valence-electron chi connectivity index (χ1n) is 4.11. The van der Waals surface area contributed by atoms with Gasteiger partial charge in [-0.25, -0.2) is 12.8 Å². The van der Waals surface area contributed by atoms with Gasteiger partial charge in [0.05, 0.1) is 21.0 Å². The Labute approximate surface area is 96.9 Å². The molecule has 0 amide bonds. The van der Waals surface area contributed by atoms with E-state index in [1.807, 2.05) is 0 Å². The predicted molar refractivity (Wildman–Crippen MR) is 57.2 cm³/mol. The van der Waals surface area contributed by atoms with Crippen LogP contribution >= 0.6 is 23.2 Å². The van der Waals surface area contributed by atoms with Crippen molar-refractivity contribution in [2.75, 3.05) is 5.75 Å². The topological polar surface area (TPSA) is 34.1 Å². The SMILES string of the molecule is O=S1(=O)C[CH]C1c1cc(Cl)c(F)c(Cl)c1. The Hall–Kier alpha value is -0.320. The monoisotopic (exact) mass is 267 g/mol. The van der Waals surface area contributed by atoms with Crippen LogP contribution in [0.25, 0.3) is 0 Å². The molecule has 15 heavy (non-hydrogen) atoms. The van der Waals surface area contributed by atoms with Crippen LogP contribution < -0.4 is 0 Å². The summed E-state index contributed by atoms with van der Waals surface area (Å²) in [5, 5.41) is -1.02. The van der Waals surface area contributed by atoms with E-state index in [0.29, 0.717) is 5.56 Å². The summed E-state index contributed by atoms with van der Waals surface area (Å²) in [7, 11) is -3.12. The lowest BCUT2D eigenvalue weighted by atomic mass is 10.1. The van der Waals surface area contributed by atoms with Crippen molar-refractivity contribution in [3.63, 3.8) is 0 Å². The molecule has 1 aliphatic heterocycles. The molecular weight excluding hydrogens is 262 g/mol. The van der Waals surface area contributed by atoms with E-state index in [-0.39, 0.29) is 15.8 Å². The van der Waals surface area contributed by atoms with Gasteiger partial charge in [0.2, 0.25) is 0 Å². The van der Waals surface area contributed by atoms with Crippen molar-refractivity contribution in [3.05, 3.63) is 40.0 Å². The summed E-state index contributed by atoms with van der Waals surface area (Å²) in [6.07, 6.45) is 1.62. The zero-order valence-electron chi connectivity index (χ0n) is 7.38. The van der Waals surface area contributed by atoms with Gasteiger partial charge in [0.1, 0.15) is 0 Å². The molecule has 1 aromatic rings. The summed E-state index contributed by atoms with van der Waals surface area (Å²) in [5.41, 5.74) is 0.414. The van der Waals surface area contributed by atoms with Gasteiger partial charge in [-0.05, 0) is 24.1 Å². The van der Waals surface area contributed by atoms with Crippen LogP contribution in [0.3, 0.4) is 0 Å². The first-order valence-corrected chi connectivity index (χ1v) is 6.58. The molecule has 2 rings (SSSR count). The highest BCUT2D eigenvalue weighted by Crippen LogP contribution is 2.38. The zero-order chi connectivity index (χ0) is 11.2. The van der Waals surface area contributed by atoms with Gasteiger partial charge in [0, 0.05) is 0 Å². The maximum Gasteiger partial charge on any atom is 0.160 e. The fourth-order valence-corrected chi connectivity index (χ4v) is 3.19. The number of benzene rings is 1. The molecule has 0 bridgehead atoms. The molecule has 1 heterocycles. The summed E-state index contributed by atoms with van der Waals surface area (Å²) in [5.74, 6) is -0.677. The number of rotatable bonds is 1. The Kier molecular flexibility index (Phi) is 2.69. The third kappa shape index (κ3) is 1.86. The second-order valence-electron chi connectivity index (χ2n) is 3.28. The summed E-state index contributed by atoms with van der Waals surface area (Å²) in [4.78, 5) is 0. The van der Waals surface area contributed by atoms with E-state index in [0.717, 1.165) is 0 Å². The van der Waals surface area contributed by atoms with Crippen LogP contribution in [0.1, 0.15) is 10.8 Å². The maximum absolute atomic E-state index is 13.1. The molecule has 1 atom stereocenters. The second kappa shape index (κ2) is 3.61. The highest BCUT2D eigenvalue weighted by Gasteiger charge is 2.37. The summed E-state index contributed by atoms with van der Waals surface area (Å²) in [6.45, 7) is 0. The van der Waals surface area contributed by atoms with Crippen LogP contribution in [0.4, 0.5) is 4.39 Å². The molecule has 0 aliphatic carbocycles. The minimum Gasteiger partial charge on any atom is -0.228 e. The van der Waals surface area contributed by atoms with Crippen LogP contribution in [0, 0.1) is 12.2 Å². The van der Waals surface area contributed by atoms with Gasteiger partial charge in [-0.3, -0.25) is 0 Å². The zero-order valence-corrected chi connectivity index (χ0v) is 9.70. The molecule has 1 radical (unpaired) electrons. The van der Waals surface area contributed by atoms with Crippen molar-refractivity contribution in [3.8, 4) is 0 Å². The minimum atomic E-state index is -3.12. The van der Waals surface area contributed by atoms with Gasteiger partial charge >= 0.3 is 0 Å². The van der Waals surface area contributed by atoms with Gasteiger partial charge in [-0.2, -0.15) is 0 Å². The van der Waals surface area contributed by atoms with Crippen LogP contribution in [-0.4, -0.2) is 14.2 Å². The van der Waals surface area contributed by atoms with Gasteiger partial charge in [0.15, 0.2) is 15.7 Å². The normalized spacial score (nSPS) is 23.5. The number of hydrogen-bond acceptors (Lipinski definition) is 2. The van der Waals surface area contributed by atoms with E-state index >= 15 is 0 Å². The van der Waals surface area contributed by atoms with E-state index < -0.39 is 20.9 Å². The molecule has 1 fully saturated rings. The molecule has 0 saturated carbocycles. The Balaban J connectivity index is 2.47. The Morgan fingerprint density at radius 1 is 1.27 bits per heavy atom. The summed E-state index contributed by atoms with van der Waals surface area (Å²) >= 11 is 11.1. The Morgan fingerprint density at radius 2 is 1.80 bits per heavy atom. The molecule has 0 spiro atoms. The van der Waals surface area contributed by atoms with Crippen molar-refractivity contribution in [2.45, 2.75) is 5.25 Å². The lowest BCUT2D eigenvalue weighted by Crippen LogP contribution is -2.29. The third-order valence-corrected chi connectivity index (χ3v) is 4.71. The summed E-state index contributed by atoms with van der Waals surface area (Å²) < 4.78 is 35.7.